The van der Waals surface area contributed by atoms with Crippen LogP contribution in [0.15, 0.2) is 24.5 Å². The van der Waals surface area contributed by atoms with E-state index in [9.17, 15) is 4.79 Å². The van der Waals surface area contributed by atoms with E-state index in [1.165, 1.54) is 6.92 Å². The smallest absolute Gasteiger partial charge is 0.257 e. The summed E-state index contributed by atoms with van der Waals surface area (Å²) in [6, 6.07) is 4.42. The van der Waals surface area contributed by atoms with Gasteiger partial charge < -0.3 is 19.7 Å². The molecule has 2 atom stereocenters. The van der Waals surface area contributed by atoms with Crippen molar-refractivity contribution in [3.05, 3.63) is 30.2 Å². The molecule has 0 unspecified atom stereocenters. The van der Waals surface area contributed by atoms with Gasteiger partial charge in [-0.1, -0.05) is 0 Å². The van der Waals surface area contributed by atoms with Crippen molar-refractivity contribution in [3.63, 3.8) is 0 Å². The highest BCUT2D eigenvalue weighted by Gasteiger charge is 2.30. The Bertz CT molecular complexity index is 875. The van der Waals surface area contributed by atoms with Gasteiger partial charge in [-0.15, -0.1) is 0 Å². The molecule has 29 heavy (non-hydrogen) atoms. The van der Waals surface area contributed by atoms with E-state index < -0.39 is 0 Å². The predicted octanol–water partition coefficient (Wildman–Crippen LogP) is 1.87. The van der Waals surface area contributed by atoms with Crippen molar-refractivity contribution in [3.8, 4) is 11.6 Å². The summed E-state index contributed by atoms with van der Waals surface area (Å²) in [7, 11) is 0. The summed E-state index contributed by atoms with van der Waals surface area (Å²) in [6.07, 6.45) is 3.28. The lowest BCUT2D eigenvalue weighted by molar-refractivity contribution is -0.114. The minimum absolute atomic E-state index is 0.134. The van der Waals surface area contributed by atoms with Gasteiger partial charge in [0.25, 0.3) is 5.88 Å². The summed E-state index contributed by atoms with van der Waals surface area (Å²) in [6.45, 7) is 9.44. The van der Waals surface area contributed by atoms with Crippen molar-refractivity contribution in [1.29, 1.82) is 0 Å². The number of hydrogen-bond acceptors (Lipinski definition) is 8. The van der Waals surface area contributed by atoms with Crippen LogP contribution in [0.2, 0.25) is 0 Å². The molecule has 2 aromatic rings. The van der Waals surface area contributed by atoms with E-state index in [2.05, 4.69) is 43.9 Å². The summed E-state index contributed by atoms with van der Waals surface area (Å²) < 4.78 is 11.2. The molecule has 2 aliphatic heterocycles. The minimum Gasteiger partial charge on any atom is -0.484 e. The summed E-state index contributed by atoms with van der Waals surface area (Å²) in [4.78, 5) is 29.2. The molecule has 1 fully saturated rings. The molecule has 1 amide bonds. The van der Waals surface area contributed by atoms with Gasteiger partial charge in [0.2, 0.25) is 11.9 Å². The van der Waals surface area contributed by atoms with Crippen molar-refractivity contribution >= 4 is 17.5 Å². The molecule has 9 nitrogen and oxygen atoms in total. The number of anilines is 2. The summed E-state index contributed by atoms with van der Waals surface area (Å²) in [5.74, 6) is 1.84. The Hall–Kier alpha value is -2.94. The number of amides is 1. The van der Waals surface area contributed by atoms with E-state index >= 15 is 0 Å². The van der Waals surface area contributed by atoms with E-state index in [0.29, 0.717) is 42.5 Å². The van der Waals surface area contributed by atoms with E-state index in [4.69, 9.17) is 9.47 Å². The van der Waals surface area contributed by atoms with Crippen LogP contribution in [0.3, 0.4) is 0 Å². The molecular weight excluding hydrogens is 372 g/mol. The van der Waals surface area contributed by atoms with E-state index in [1.807, 2.05) is 12.1 Å². The SMILES string of the molecule is CC(=O)Nc1cnc(N2CCN([C@@H](C)c3ccc4c(n3)OCCO4)[C@H](C)C2)nc1. The van der Waals surface area contributed by atoms with Gasteiger partial charge in [-0.3, -0.25) is 9.69 Å². The highest BCUT2D eigenvalue weighted by molar-refractivity contribution is 5.88. The van der Waals surface area contributed by atoms with Crippen LogP contribution < -0.4 is 19.7 Å². The van der Waals surface area contributed by atoms with E-state index in [-0.39, 0.29) is 11.9 Å². The number of nitrogens with one attached hydrogen (secondary N) is 1. The fourth-order valence-electron chi connectivity index (χ4n) is 3.83. The standard InChI is InChI=1S/C20H26N6O3/c1-13-12-25(20-21-10-16(11-22-20)23-15(3)27)6-7-26(13)14(2)17-4-5-18-19(24-17)29-9-8-28-18/h4-5,10-11,13-14H,6-9,12H2,1-3H3,(H,23,27)/t13-,14+/m1/s1. The number of ether oxygens (including phenoxy) is 2. The summed E-state index contributed by atoms with van der Waals surface area (Å²) in [5, 5.41) is 2.69. The number of fused-ring (bicyclic) bond motifs is 1. The average molecular weight is 398 g/mol. The van der Waals surface area contributed by atoms with Crippen LogP contribution in [0, 0.1) is 0 Å². The molecular formula is C20H26N6O3. The van der Waals surface area contributed by atoms with E-state index in [0.717, 1.165) is 25.3 Å². The molecule has 0 spiro atoms. The van der Waals surface area contributed by atoms with Crippen LogP contribution in [0.4, 0.5) is 11.6 Å². The second-order valence-electron chi connectivity index (χ2n) is 7.40. The van der Waals surface area contributed by atoms with Crippen molar-refractivity contribution in [1.82, 2.24) is 19.9 Å². The Morgan fingerprint density at radius 2 is 1.97 bits per heavy atom. The molecule has 2 aromatic heterocycles. The largest absolute Gasteiger partial charge is 0.484 e. The maximum absolute atomic E-state index is 11.1. The lowest BCUT2D eigenvalue weighted by Gasteiger charge is -2.42. The Morgan fingerprint density at radius 3 is 2.69 bits per heavy atom. The van der Waals surface area contributed by atoms with Crippen LogP contribution in [-0.2, 0) is 4.79 Å². The van der Waals surface area contributed by atoms with Gasteiger partial charge in [0, 0.05) is 38.6 Å². The van der Waals surface area contributed by atoms with Crippen molar-refractivity contribution in [2.75, 3.05) is 43.1 Å². The van der Waals surface area contributed by atoms with Gasteiger partial charge in [0.05, 0.1) is 23.8 Å². The topological polar surface area (TPSA) is 92.7 Å². The third-order valence-corrected chi connectivity index (χ3v) is 5.27. The van der Waals surface area contributed by atoms with Crippen LogP contribution in [-0.4, -0.2) is 64.6 Å². The monoisotopic (exact) mass is 398 g/mol. The zero-order chi connectivity index (χ0) is 20.4. The molecule has 0 aromatic carbocycles. The van der Waals surface area contributed by atoms with Gasteiger partial charge >= 0.3 is 0 Å². The first kappa shape index (κ1) is 19.4. The molecule has 0 aliphatic carbocycles. The Morgan fingerprint density at radius 1 is 1.21 bits per heavy atom. The fraction of sp³-hybridized carbons (Fsp3) is 0.500. The lowest BCUT2D eigenvalue weighted by atomic mass is 10.1. The van der Waals surface area contributed by atoms with Gasteiger partial charge in [-0.05, 0) is 26.0 Å². The Balaban J connectivity index is 1.41. The average Bonchev–Trinajstić information content (AvgIpc) is 2.73. The molecule has 9 heteroatoms. The van der Waals surface area contributed by atoms with Crippen LogP contribution in [0.5, 0.6) is 11.6 Å². The number of aromatic nitrogens is 3. The van der Waals surface area contributed by atoms with Crippen molar-refractivity contribution < 1.29 is 14.3 Å². The molecule has 0 radical (unpaired) electrons. The quantitative estimate of drug-likeness (QED) is 0.835. The normalized spacial score (nSPS) is 20.2. The van der Waals surface area contributed by atoms with Gasteiger partial charge in [-0.25, -0.2) is 15.0 Å². The second kappa shape index (κ2) is 8.20. The third kappa shape index (κ3) is 4.24. The number of nitrogens with zero attached hydrogens (tertiary/aromatic N) is 5. The van der Waals surface area contributed by atoms with Crippen molar-refractivity contribution in [2.24, 2.45) is 0 Å². The number of carbonyl (C=O) groups is 1. The fourth-order valence-corrected chi connectivity index (χ4v) is 3.83. The molecule has 0 bridgehead atoms. The lowest BCUT2D eigenvalue weighted by Crippen LogP contribution is -2.53. The van der Waals surface area contributed by atoms with E-state index in [1.54, 1.807) is 12.4 Å². The first-order valence-electron chi connectivity index (χ1n) is 9.88. The van der Waals surface area contributed by atoms with Crippen molar-refractivity contribution in [2.45, 2.75) is 32.9 Å². The Kier molecular flexibility index (Phi) is 5.48. The van der Waals surface area contributed by atoms with Gasteiger partial charge in [0.15, 0.2) is 5.75 Å². The number of hydrogen-bond donors (Lipinski definition) is 1. The number of pyridine rings is 1. The first-order valence-corrected chi connectivity index (χ1v) is 9.88. The number of piperazine rings is 1. The molecule has 4 heterocycles. The molecule has 1 N–H and O–H groups in total. The first-order chi connectivity index (χ1) is 14.0. The number of rotatable bonds is 4. The van der Waals surface area contributed by atoms with Gasteiger partial charge in [0.1, 0.15) is 13.2 Å². The summed E-state index contributed by atoms with van der Waals surface area (Å²) in [5.41, 5.74) is 1.58. The van der Waals surface area contributed by atoms with Crippen LogP contribution in [0.1, 0.15) is 32.5 Å². The molecule has 154 valence electrons. The molecule has 1 saturated heterocycles. The zero-order valence-corrected chi connectivity index (χ0v) is 17.0. The summed E-state index contributed by atoms with van der Waals surface area (Å²) >= 11 is 0. The highest BCUT2D eigenvalue weighted by atomic mass is 16.6. The van der Waals surface area contributed by atoms with Crippen LogP contribution >= 0.6 is 0 Å². The minimum atomic E-state index is -0.134. The zero-order valence-electron chi connectivity index (χ0n) is 17.0. The Labute approximate surface area is 170 Å². The number of carbonyl (C=O) groups excluding carboxylic acids is 1. The third-order valence-electron chi connectivity index (χ3n) is 5.27. The highest BCUT2D eigenvalue weighted by Crippen LogP contribution is 2.32. The molecule has 2 aliphatic rings. The second-order valence-corrected chi connectivity index (χ2v) is 7.40. The predicted molar refractivity (Wildman–Crippen MR) is 108 cm³/mol. The van der Waals surface area contributed by atoms with Crippen LogP contribution in [0.25, 0.3) is 0 Å². The molecule has 0 saturated carbocycles. The molecule has 4 rings (SSSR count). The van der Waals surface area contributed by atoms with Gasteiger partial charge in [-0.2, -0.15) is 0 Å². The maximum atomic E-state index is 11.1. The maximum Gasteiger partial charge on any atom is 0.257 e.